The highest BCUT2D eigenvalue weighted by Gasteiger charge is 2.25. The Balaban J connectivity index is 2.05. The zero-order chi connectivity index (χ0) is 19.9. The minimum absolute atomic E-state index is 0.177. The number of fused-ring (bicyclic) bond motifs is 1. The molecule has 0 unspecified atom stereocenters. The summed E-state index contributed by atoms with van der Waals surface area (Å²) in [4.78, 5) is 3.62. The van der Waals surface area contributed by atoms with Crippen molar-refractivity contribution in [2.24, 2.45) is 0 Å². The van der Waals surface area contributed by atoms with Crippen LogP contribution in [-0.4, -0.2) is 13.4 Å². The molecule has 3 nitrogen and oxygen atoms in total. The van der Waals surface area contributed by atoms with Crippen molar-refractivity contribution in [1.82, 2.24) is 4.98 Å². The highest BCUT2D eigenvalue weighted by Crippen LogP contribution is 2.36. The van der Waals surface area contributed by atoms with Gasteiger partial charge in [-0.25, -0.2) is 21.6 Å². The summed E-state index contributed by atoms with van der Waals surface area (Å²) < 4.78 is 66.7. The molecule has 4 aromatic rings. The number of sulfone groups is 1. The highest BCUT2D eigenvalue weighted by molar-refractivity contribution is 7.91. The third kappa shape index (κ3) is 3.03. The summed E-state index contributed by atoms with van der Waals surface area (Å²) in [6, 6.07) is 14.7. The molecule has 0 amide bonds. The van der Waals surface area contributed by atoms with E-state index in [1.54, 1.807) is 24.3 Å². The lowest BCUT2D eigenvalue weighted by Gasteiger charge is -2.14. The molecule has 140 valence electrons. The second kappa shape index (κ2) is 6.76. The van der Waals surface area contributed by atoms with Crippen LogP contribution in [0.5, 0.6) is 0 Å². The van der Waals surface area contributed by atoms with E-state index < -0.39 is 32.2 Å². The third-order valence-electron chi connectivity index (χ3n) is 4.36. The van der Waals surface area contributed by atoms with Crippen molar-refractivity contribution in [1.29, 1.82) is 0 Å². The lowest BCUT2D eigenvalue weighted by molar-refractivity contribution is 0.504. The van der Waals surface area contributed by atoms with Gasteiger partial charge in [-0.1, -0.05) is 30.3 Å². The van der Waals surface area contributed by atoms with E-state index in [9.17, 15) is 21.6 Å². The monoisotopic (exact) mass is 399 g/mol. The Morgan fingerprint density at radius 2 is 1.50 bits per heavy atom. The average molecular weight is 399 g/mol. The Kier molecular flexibility index (Phi) is 4.39. The van der Waals surface area contributed by atoms with Gasteiger partial charge >= 0.3 is 0 Å². The third-order valence-corrected chi connectivity index (χ3v) is 6.13. The molecule has 0 N–H and O–H groups in total. The van der Waals surface area contributed by atoms with Gasteiger partial charge < -0.3 is 0 Å². The van der Waals surface area contributed by atoms with Crippen LogP contribution in [0, 0.1) is 17.5 Å². The number of benzene rings is 3. The van der Waals surface area contributed by atoms with Crippen molar-refractivity contribution in [3.05, 3.63) is 90.4 Å². The van der Waals surface area contributed by atoms with Crippen LogP contribution in [0.1, 0.15) is 0 Å². The molecule has 0 radical (unpaired) electrons. The van der Waals surface area contributed by atoms with E-state index in [4.69, 9.17) is 0 Å². The smallest absolute Gasteiger partial charge is 0.208 e. The van der Waals surface area contributed by atoms with Gasteiger partial charge in [0.2, 0.25) is 9.84 Å². The number of nitrogens with zero attached hydrogens (tertiary/aromatic N) is 1. The van der Waals surface area contributed by atoms with Gasteiger partial charge in [-0.3, -0.25) is 4.98 Å². The molecule has 0 aliphatic carbocycles. The summed E-state index contributed by atoms with van der Waals surface area (Å²) in [7, 11) is -4.22. The molecule has 7 heteroatoms. The van der Waals surface area contributed by atoms with Crippen LogP contribution in [0.3, 0.4) is 0 Å². The Labute approximate surface area is 159 Å². The van der Waals surface area contributed by atoms with Gasteiger partial charge in [0.05, 0.1) is 15.3 Å². The summed E-state index contributed by atoms with van der Waals surface area (Å²) in [5.41, 5.74) is 1.32. The summed E-state index contributed by atoms with van der Waals surface area (Å²) in [6.45, 7) is 0. The van der Waals surface area contributed by atoms with Crippen LogP contribution in [0.25, 0.3) is 22.0 Å². The fourth-order valence-electron chi connectivity index (χ4n) is 3.01. The van der Waals surface area contributed by atoms with E-state index in [1.807, 2.05) is 0 Å². The van der Waals surface area contributed by atoms with Crippen LogP contribution in [0.2, 0.25) is 0 Å². The molecule has 28 heavy (non-hydrogen) atoms. The second-order valence-electron chi connectivity index (χ2n) is 6.10. The molecule has 0 saturated heterocycles. The number of halogens is 3. The highest BCUT2D eigenvalue weighted by atomic mass is 32.2. The normalized spacial score (nSPS) is 11.7. The fraction of sp³-hybridized carbons (Fsp3) is 0. The maximum Gasteiger partial charge on any atom is 0.208 e. The first-order chi connectivity index (χ1) is 13.4. The molecule has 1 aromatic heterocycles. The molecule has 0 bridgehead atoms. The largest absolute Gasteiger partial charge is 0.255 e. The quantitative estimate of drug-likeness (QED) is 0.448. The number of hydrogen-bond acceptors (Lipinski definition) is 3. The molecule has 0 atom stereocenters. The summed E-state index contributed by atoms with van der Waals surface area (Å²) in [5, 5.41) is 0.540. The van der Waals surface area contributed by atoms with Gasteiger partial charge in [0.25, 0.3) is 0 Å². The maximum atomic E-state index is 13.6. The van der Waals surface area contributed by atoms with E-state index in [0.29, 0.717) is 28.1 Å². The average Bonchev–Trinajstić information content (AvgIpc) is 2.69. The van der Waals surface area contributed by atoms with Gasteiger partial charge in [0.1, 0.15) is 5.82 Å². The van der Waals surface area contributed by atoms with Crippen molar-refractivity contribution < 1.29 is 21.6 Å². The molecular weight excluding hydrogens is 387 g/mol. The lowest BCUT2D eigenvalue weighted by atomic mass is 10.0. The molecule has 0 saturated carbocycles. The van der Waals surface area contributed by atoms with Crippen LogP contribution < -0.4 is 0 Å². The van der Waals surface area contributed by atoms with Crippen LogP contribution in [-0.2, 0) is 9.84 Å². The number of aromatic nitrogens is 1. The minimum atomic E-state index is -4.22. The first kappa shape index (κ1) is 18.2. The zero-order valence-corrected chi connectivity index (χ0v) is 15.1. The lowest BCUT2D eigenvalue weighted by Crippen LogP contribution is -2.06. The van der Waals surface area contributed by atoms with Gasteiger partial charge in [-0.15, -0.1) is 0 Å². The van der Waals surface area contributed by atoms with Crippen molar-refractivity contribution in [2.45, 2.75) is 9.79 Å². The first-order valence-electron chi connectivity index (χ1n) is 8.22. The molecule has 1 heterocycles. The van der Waals surface area contributed by atoms with E-state index in [1.165, 1.54) is 30.5 Å². The Morgan fingerprint density at radius 1 is 0.786 bits per heavy atom. The topological polar surface area (TPSA) is 47.0 Å². The predicted molar refractivity (Wildman–Crippen MR) is 98.9 cm³/mol. The van der Waals surface area contributed by atoms with Crippen LogP contribution >= 0.6 is 0 Å². The number of para-hydroxylation sites is 1. The van der Waals surface area contributed by atoms with Gasteiger partial charge in [0, 0.05) is 17.1 Å². The van der Waals surface area contributed by atoms with Crippen molar-refractivity contribution >= 4 is 20.7 Å². The van der Waals surface area contributed by atoms with Crippen molar-refractivity contribution in [3.8, 4) is 11.1 Å². The van der Waals surface area contributed by atoms with E-state index in [0.717, 1.165) is 12.1 Å². The summed E-state index contributed by atoms with van der Waals surface area (Å²) in [6.07, 6.45) is 1.18. The predicted octanol–water partition coefficient (Wildman–Crippen LogP) is 5.15. The SMILES string of the molecule is O=S(=O)(c1ccc(F)c(F)c1)c1cnc2ccccc2c1-c1ccc(F)cc1. The van der Waals surface area contributed by atoms with E-state index >= 15 is 0 Å². The van der Waals surface area contributed by atoms with Gasteiger partial charge in [-0.2, -0.15) is 0 Å². The minimum Gasteiger partial charge on any atom is -0.255 e. The van der Waals surface area contributed by atoms with Gasteiger partial charge in [0.15, 0.2) is 11.6 Å². The molecule has 3 aromatic carbocycles. The number of hydrogen-bond donors (Lipinski definition) is 0. The fourth-order valence-corrected chi connectivity index (χ4v) is 4.46. The Bertz CT molecular complexity index is 1300. The van der Waals surface area contributed by atoms with Crippen LogP contribution in [0.15, 0.2) is 82.7 Å². The molecule has 0 fully saturated rings. The Morgan fingerprint density at radius 3 is 2.21 bits per heavy atom. The van der Waals surface area contributed by atoms with E-state index in [-0.39, 0.29) is 4.90 Å². The standard InChI is InChI=1S/C21H12F3NO2S/c22-14-7-5-13(6-8-14)21-16-3-1-2-4-19(16)25-12-20(21)28(26,27)15-9-10-17(23)18(24)11-15/h1-12H. The van der Waals surface area contributed by atoms with Crippen molar-refractivity contribution in [2.75, 3.05) is 0 Å². The molecule has 0 spiro atoms. The molecule has 4 rings (SSSR count). The molecule has 0 aliphatic rings. The number of pyridine rings is 1. The van der Waals surface area contributed by atoms with Crippen LogP contribution in [0.4, 0.5) is 13.2 Å². The first-order valence-corrected chi connectivity index (χ1v) is 9.70. The molecular formula is C21H12F3NO2S. The maximum absolute atomic E-state index is 13.6. The summed E-state index contributed by atoms with van der Waals surface area (Å²) in [5.74, 6) is -2.88. The molecule has 0 aliphatic heterocycles. The second-order valence-corrected chi connectivity index (χ2v) is 8.02. The van der Waals surface area contributed by atoms with Crippen molar-refractivity contribution in [3.63, 3.8) is 0 Å². The summed E-state index contributed by atoms with van der Waals surface area (Å²) >= 11 is 0. The van der Waals surface area contributed by atoms with Gasteiger partial charge in [-0.05, 0) is 42.0 Å². The zero-order valence-electron chi connectivity index (χ0n) is 14.2. The Hall–Kier alpha value is -3.19. The van der Waals surface area contributed by atoms with E-state index in [2.05, 4.69) is 4.98 Å². The number of rotatable bonds is 3.